The molecule has 0 saturated carbocycles. The Morgan fingerprint density at radius 2 is 2.00 bits per heavy atom. The zero-order valence-corrected chi connectivity index (χ0v) is 11.8. The van der Waals surface area contributed by atoms with Crippen LogP contribution >= 0.6 is 15.9 Å². The summed E-state index contributed by atoms with van der Waals surface area (Å²) in [6.45, 7) is 0. The van der Waals surface area contributed by atoms with Gasteiger partial charge >= 0.3 is 0 Å². The van der Waals surface area contributed by atoms with Crippen LogP contribution in [-0.2, 0) is 7.05 Å². The summed E-state index contributed by atoms with van der Waals surface area (Å²) >= 11 is 3.36. The molecule has 3 nitrogen and oxygen atoms in total. The van der Waals surface area contributed by atoms with Gasteiger partial charge < -0.3 is 10.3 Å². The number of halogens is 2. The first-order valence-corrected chi connectivity index (χ1v) is 6.53. The van der Waals surface area contributed by atoms with E-state index in [1.165, 1.54) is 12.1 Å². The maximum atomic E-state index is 13.3. The Bertz CT molecular complexity index is 780. The third-order valence-electron chi connectivity index (χ3n) is 3.10. The lowest BCUT2D eigenvalue weighted by molar-refractivity contribution is 0.629. The number of nitrogen functional groups attached to an aromatic ring is 1. The fourth-order valence-electron chi connectivity index (χ4n) is 2.10. The minimum Gasteiger partial charge on any atom is -0.398 e. The van der Waals surface area contributed by atoms with Crippen LogP contribution in [-0.4, -0.2) is 9.55 Å². The third kappa shape index (κ3) is 2.00. The molecular formula is C14H11BrFN3. The van der Waals surface area contributed by atoms with Crippen LogP contribution in [0.15, 0.2) is 40.9 Å². The predicted molar refractivity (Wildman–Crippen MR) is 78.2 cm³/mol. The van der Waals surface area contributed by atoms with E-state index in [2.05, 4.69) is 20.9 Å². The Kier molecular flexibility index (Phi) is 2.78. The van der Waals surface area contributed by atoms with Crippen molar-refractivity contribution in [1.82, 2.24) is 9.55 Å². The van der Waals surface area contributed by atoms with Crippen molar-refractivity contribution in [3.8, 4) is 11.4 Å². The molecule has 0 amide bonds. The fourth-order valence-corrected chi connectivity index (χ4v) is 2.35. The lowest BCUT2D eigenvalue weighted by Crippen LogP contribution is -1.94. The molecule has 96 valence electrons. The summed E-state index contributed by atoms with van der Waals surface area (Å²) in [5, 5.41) is 0. The zero-order chi connectivity index (χ0) is 13.6. The highest BCUT2D eigenvalue weighted by Gasteiger charge is 2.11. The molecule has 0 fully saturated rings. The van der Waals surface area contributed by atoms with E-state index in [4.69, 9.17) is 5.73 Å². The third-order valence-corrected chi connectivity index (χ3v) is 3.82. The van der Waals surface area contributed by atoms with E-state index in [1.54, 1.807) is 6.07 Å². The Balaban J connectivity index is 2.24. The number of imidazole rings is 1. The van der Waals surface area contributed by atoms with Gasteiger partial charge in [0.2, 0.25) is 0 Å². The summed E-state index contributed by atoms with van der Waals surface area (Å²) in [7, 11) is 1.86. The molecule has 0 saturated heterocycles. The van der Waals surface area contributed by atoms with E-state index in [1.807, 2.05) is 29.8 Å². The molecule has 19 heavy (non-hydrogen) atoms. The summed E-state index contributed by atoms with van der Waals surface area (Å²) in [6, 6.07) is 10.2. The van der Waals surface area contributed by atoms with Crippen LogP contribution in [0.3, 0.4) is 0 Å². The van der Waals surface area contributed by atoms with Crippen LogP contribution in [0.2, 0.25) is 0 Å². The molecule has 1 aromatic heterocycles. The van der Waals surface area contributed by atoms with Crippen LogP contribution in [0.4, 0.5) is 10.1 Å². The van der Waals surface area contributed by atoms with E-state index < -0.39 is 0 Å². The first-order valence-electron chi connectivity index (χ1n) is 5.73. The maximum absolute atomic E-state index is 13.3. The molecule has 0 atom stereocenters. The first kappa shape index (κ1) is 12.2. The van der Waals surface area contributed by atoms with Crippen LogP contribution in [0.25, 0.3) is 22.4 Å². The molecule has 0 aliphatic heterocycles. The highest BCUT2D eigenvalue weighted by Crippen LogP contribution is 2.28. The zero-order valence-electron chi connectivity index (χ0n) is 10.2. The van der Waals surface area contributed by atoms with Crippen molar-refractivity contribution < 1.29 is 4.39 Å². The number of rotatable bonds is 1. The number of nitrogens with zero attached hydrogens (tertiary/aromatic N) is 2. The Labute approximate surface area is 118 Å². The maximum Gasteiger partial charge on any atom is 0.140 e. The van der Waals surface area contributed by atoms with Crippen molar-refractivity contribution in [1.29, 1.82) is 0 Å². The topological polar surface area (TPSA) is 43.8 Å². The van der Waals surface area contributed by atoms with E-state index >= 15 is 0 Å². The van der Waals surface area contributed by atoms with Gasteiger partial charge in [-0.2, -0.15) is 0 Å². The number of aryl methyl sites for hydroxylation is 1. The van der Waals surface area contributed by atoms with Crippen LogP contribution in [0.5, 0.6) is 0 Å². The number of hydrogen-bond acceptors (Lipinski definition) is 2. The Hall–Kier alpha value is -1.88. The average molecular weight is 320 g/mol. The van der Waals surface area contributed by atoms with Crippen LogP contribution in [0.1, 0.15) is 0 Å². The normalized spacial score (nSPS) is 11.1. The first-order chi connectivity index (χ1) is 9.06. The van der Waals surface area contributed by atoms with Gasteiger partial charge in [0.15, 0.2) is 0 Å². The minimum atomic E-state index is -0.266. The van der Waals surface area contributed by atoms with Crippen molar-refractivity contribution in [2.24, 2.45) is 7.05 Å². The molecule has 0 aliphatic rings. The SMILES string of the molecule is Cn1c(-c2ccc(Br)c(N)c2)nc2ccc(F)cc21. The van der Waals surface area contributed by atoms with Crippen LogP contribution < -0.4 is 5.73 Å². The van der Waals surface area contributed by atoms with E-state index in [-0.39, 0.29) is 5.82 Å². The van der Waals surface area contributed by atoms with Crippen molar-refractivity contribution in [2.45, 2.75) is 0 Å². The Morgan fingerprint density at radius 1 is 1.21 bits per heavy atom. The smallest absolute Gasteiger partial charge is 0.140 e. The van der Waals surface area contributed by atoms with Gasteiger partial charge in [0.1, 0.15) is 11.6 Å². The van der Waals surface area contributed by atoms with Crippen molar-refractivity contribution in [3.63, 3.8) is 0 Å². The summed E-state index contributed by atoms with van der Waals surface area (Å²) in [6.07, 6.45) is 0. The highest BCUT2D eigenvalue weighted by atomic mass is 79.9. The predicted octanol–water partition coefficient (Wildman–Crippen LogP) is 3.72. The molecule has 0 radical (unpaired) electrons. The molecule has 0 spiro atoms. The second kappa shape index (κ2) is 4.35. The molecule has 2 aromatic carbocycles. The monoisotopic (exact) mass is 319 g/mol. The second-order valence-electron chi connectivity index (χ2n) is 4.36. The van der Waals surface area contributed by atoms with Gasteiger partial charge in [0.05, 0.1) is 11.0 Å². The summed E-state index contributed by atoms with van der Waals surface area (Å²) < 4.78 is 16.0. The summed E-state index contributed by atoms with van der Waals surface area (Å²) in [5.74, 6) is 0.497. The average Bonchev–Trinajstić information content (AvgIpc) is 2.70. The lowest BCUT2D eigenvalue weighted by Gasteiger charge is -2.04. The molecule has 2 N–H and O–H groups in total. The number of fused-ring (bicyclic) bond motifs is 1. The second-order valence-corrected chi connectivity index (χ2v) is 5.22. The molecule has 0 unspecified atom stereocenters. The Morgan fingerprint density at radius 3 is 2.74 bits per heavy atom. The quantitative estimate of drug-likeness (QED) is 0.695. The molecule has 3 aromatic rings. The minimum absolute atomic E-state index is 0.266. The van der Waals surface area contributed by atoms with Gasteiger partial charge in [-0.15, -0.1) is 0 Å². The fraction of sp³-hybridized carbons (Fsp3) is 0.0714. The van der Waals surface area contributed by atoms with Gasteiger partial charge in [-0.25, -0.2) is 9.37 Å². The van der Waals surface area contributed by atoms with Gasteiger partial charge in [-0.3, -0.25) is 0 Å². The highest BCUT2D eigenvalue weighted by molar-refractivity contribution is 9.10. The molecule has 3 rings (SSSR count). The van der Waals surface area contributed by atoms with Crippen molar-refractivity contribution in [2.75, 3.05) is 5.73 Å². The number of hydrogen-bond donors (Lipinski definition) is 1. The van der Waals surface area contributed by atoms with E-state index in [0.29, 0.717) is 5.69 Å². The molecule has 0 bridgehead atoms. The van der Waals surface area contributed by atoms with Gasteiger partial charge in [-0.1, -0.05) is 0 Å². The number of nitrogens with two attached hydrogens (primary N) is 1. The van der Waals surface area contributed by atoms with E-state index in [9.17, 15) is 4.39 Å². The van der Waals surface area contributed by atoms with Gasteiger partial charge in [0, 0.05) is 22.8 Å². The number of benzene rings is 2. The molecular weight excluding hydrogens is 309 g/mol. The number of anilines is 1. The largest absolute Gasteiger partial charge is 0.398 e. The van der Waals surface area contributed by atoms with Gasteiger partial charge in [0.25, 0.3) is 0 Å². The molecule has 1 heterocycles. The number of aromatic nitrogens is 2. The van der Waals surface area contributed by atoms with Crippen LogP contribution in [0, 0.1) is 5.82 Å². The molecule has 0 aliphatic carbocycles. The van der Waals surface area contributed by atoms with Gasteiger partial charge in [-0.05, 0) is 52.3 Å². The van der Waals surface area contributed by atoms with Crippen molar-refractivity contribution in [3.05, 3.63) is 46.7 Å². The standard InChI is InChI=1S/C14H11BrFN3/c1-19-13-7-9(16)3-5-12(13)18-14(19)8-2-4-10(15)11(17)6-8/h2-7H,17H2,1H3. The summed E-state index contributed by atoms with van der Waals surface area (Å²) in [4.78, 5) is 4.52. The lowest BCUT2D eigenvalue weighted by atomic mass is 10.2. The molecule has 5 heteroatoms. The summed E-state index contributed by atoms with van der Waals surface area (Å²) in [5.41, 5.74) is 8.96. The van der Waals surface area contributed by atoms with Crippen molar-refractivity contribution >= 4 is 32.7 Å². The van der Waals surface area contributed by atoms with E-state index in [0.717, 1.165) is 26.9 Å².